The predicted molar refractivity (Wildman–Crippen MR) is 128 cm³/mol. The molecule has 0 saturated heterocycles. The van der Waals surface area contributed by atoms with Crippen LogP contribution in [0.25, 0.3) is 0 Å². The molecule has 1 saturated carbocycles. The van der Waals surface area contributed by atoms with E-state index >= 15 is 0 Å². The Kier molecular flexibility index (Phi) is 7.65. The first kappa shape index (κ1) is 23.0. The quantitative estimate of drug-likeness (QED) is 0.407. The Balaban J connectivity index is 1.29. The highest BCUT2D eigenvalue weighted by molar-refractivity contribution is 5.92. The molecule has 0 spiro atoms. The van der Waals surface area contributed by atoms with Gasteiger partial charge in [-0.2, -0.15) is 0 Å². The molecule has 172 valence electrons. The van der Waals surface area contributed by atoms with Crippen LogP contribution in [0.15, 0.2) is 36.4 Å². The minimum atomic E-state index is -0.458. The van der Waals surface area contributed by atoms with Crippen LogP contribution in [0.4, 0.5) is 4.39 Å². The third-order valence-corrected chi connectivity index (χ3v) is 7.53. The number of aryl methyl sites for hydroxylation is 3. The number of cyclic esters (lactones) is 1. The van der Waals surface area contributed by atoms with Crippen LogP contribution in [0.2, 0.25) is 0 Å². The molecule has 1 aliphatic heterocycles. The highest BCUT2D eigenvalue weighted by Gasteiger charge is 2.36. The summed E-state index contributed by atoms with van der Waals surface area (Å²) in [7, 11) is 0. The van der Waals surface area contributed by atoms with Crippen molar-refractivity contribution < 1.29 is 13.9 Å². The van der Waals surface area contributed by atoms with Gasteiger partial charge in [-0.15, -0.1) is 0 Å². The van der Waals surface area contributed by atoms with Crippen LogP contribution >= 0.6 is 0 Å². The highest BCUT2D eigenvalue weighted by atomic mass is 19.1. The minimum Gasteiger partial charge on any atom is -0.458 e. The number of esters is 1. The molecular weight excluding hydrogens is 399 g/mol. The Bertz CT molecular complexity index is 909. The van der Waals surface area contributed by atoms with Crippen LogP contribution in [0, 0.1) is 17.7 Å². The molecule has 2 aliphatic rings. The van der Waals surface area contributed by atoms with Crippen molar-refractivity contribution in [1.29, 1.82) is 0 Å². The van der Waals surface area contributed by atoms with Gasteiger partial charge in [-0.05, 0) is 72.6 Å². The Morgan fingerprint density at radius 3 is 2.19 bits per heavy atom. The molecule has 0 N–H and O–H groups in total. The molecule has 3 heteroatoms. The number of halogens is 1. The van der Waals surface area contributed by atoms with Crippen LogP contribution in [0.1, 0.15) is 91.4 Å². The molecule has 0 aromatic heterocycles. The van der Waals surface area contributed by atoms with Gasteiger partial charge < -0.3 is 4.74 Å². The summed E-state index contributed by atoms with van der Waals surface area (Å²) in [5.41, 5.74) is 4.52. The molecule has 1 heterocycles. The number of benzene rings is 2. The maximum absolute atomic E-state index is 14.8. The number of fused-ring (bicyclic) bond motifs is 1. The Morgan fingerprint density at radius 2 is 1.53 bits per heavy atom. The summed E-state index contributed by atoms with van der Waals surface area (Å²) in [6.45, 7) is 4.24. The van der Waals surface area contributed by atoms with E-state index in [0.29, 0.717) is 24.3 Å². The minimum absolute atomic E-state index is 0.0986. The predicted octanol–water partition coefficient (Wildman–Crippen LogP) is 7.25. The first-order valence-corrected chi connectivity index (χ1v) is 12.7. The molecule has 1 fully saturated rings. The number of carbonyl (C=O) groups is 1. The Hall–Kier alpha value is -2.16. The van der Waals surface area contributed by atoms with E-state index in [2.05, 4.69) is 31.2 Å². The first-order chi connectivity index (χ1) is 15.6. The van der Waals surface area contributed by atoms with Crippen molar-refractivity contribution in [1.82, 2.24) is 0 Å². The second-order valence-electron chi connectivity index (χ2n) is 9.86. The van der Waals surface area contributed by atoms with Gasteiger partial charge in [0.25, 0.3) is 0 Å². The molecule has 32 heavy (non-hydrogen) atoms. The van der Waals surface area contributed by atoms with Gasteiger partial charge in [-0.1, -0.05) is 75.9 Å². The monoisotopic (exact) mass is 436 g/mol. The van der Waals surface area contributed by atoms with Crippen molar-refractivity contribution >= 4 is 5.97 Å². The zero-order chi connectivity index (χ0) is 22.5. The fourth-order valence-electron chi connectivity index (χ4n) is 5.61. The van der Waals surface area contributed by atoms with Gasteiger partial charge in [0, 0.05) is 6.42 Å². The second kappa shape index (κ2) is 10.6. The van der Waals surface area contributed by atoms with Crippen LogP contribution in [0.3, 0.4) is 0 Å². The van der Waals surface area contributed by atoms with E-state index in [1.807, 2.05) is 19.1 Å². The third kappa shape index (κ3) is 5.24. The lowest BCUT2D eigenvalue weighted by atomic mass is 9.75. The van der Waals surface area contributed by atoms with E-state index in [-0.39, 0.29) is 17.5 Å². The van der Waals surface area contributed by atoms with Crippen LogP contribution in [0.5, 0.6) is 0 Å². The lowest BCUT2D eigenvalue weighted by Gasteiger charge is -2.36. The molecule has 4 rings (SSSR count). The van der Waals surface area contributed by atoms with E-state index < -0.39 is 5.97 Å². The normalized spacial score (nSPS) is 23.0. The summed E-state index contributed by atoms with van der Waals surface area (Å²) >= 11 is 0. The van der Waals surface area contributed by atoms with Crippen LogP contribution in [-0.2, 0) is 30.4 Å². The number of ether oxygens (including phenoxy) is 1. The fourth-order valence-corrected chi connectivity index (χ4v) is 5.61. The highest BCUT2D eigenvalue weighted by Crippen LogP contribution is 2.38. The van der Waals surface area contributed by atoms with Gasteiger partial charge in [0.05, 0.1) is 5.56 Å². The average Bonchev–Trinajstić information content (AvgIpc) is 2.81. The van der Waals surface area contributed by atoms with Crippen molar-refractivity contribution in [2.45, 2.75) is 90.6 Å². The maximum Gasteiger partial charge on any atom is 0.341 e. The van der Waals surface area contributed by atoms with Gasteiger partial charge in [0.15, 0.2) is 0 Å². The molecule has 1 unspecified atom stereocenters. The number of hydrogen-bond acceptors (Lipinski definition) is 2. The molecular formula is C29H37FO2. The van der Waals surface area contributed by atoms with Crippen LogP contribution in [-0.4, -0.2) is 12.1 Å². The summed E-state index contributed by atoms with van der Waals surface area (Å²) < 4.78 is 20.6. The standard InChI is InChI=1S/C29H37FO2/c1-3-5-20-7-9-21(10-8-20)11-12-22-13-15-23(16-14-22)26-19-25-18-17-24(6-4-2)28(30)27(25)29(31)32-26/h7-10,17-18,22-23,26H,3-6,11-16,19H2,1-2H3. The van der Waals surface area contributed by atoms with Gasteiger partial charge >= 0.3 is 5.97 Å². The van der Waals surface area contributed by atoms with Crippen molar-refractivity contribution in [3.63, 3.8) is 0 Å². The SMILES string of the molecule is CCCc1ccc(CCC2CCC(C3Cc4ccc(CCC)c(F)c4C(=O)O3)CC2)cc1. The molecule has 2 nitrogen and oxygen atoms in total. The maximum atomic E-state index is 14.8. The van der Waals surface area contributed by atoms with E-state index in [1.54, 1.807) is 0 Å². The number of rotatable bonds is 8. The van der Waals surface area contributed by atoms with Crippen LogP contribution < -0.4 is 0 Å². The largest absolute Gasteiger partial charge is 0.458 e. The van der Waals surface area contributed by atoms with Gasteiger partial charge in [0.1, 0.15) is 11.9 Å². The van der Waals surface area contributed by atoms with Gasteiger partial charge in [-0.3, -0.25) is 0 Å². The molecule has 2 aromatic carbocycles. The smallest absolute Gasteiger partial charge is 0.341 e. The number of carbonyl (C=O) groups excluding carboxylic acids is 1. The summed E-state index contributed by atoms with van der Waals surface area (Å²) in [5.74, 6) is 0.330. The number of hydrogen-bond donors (Lipinski definition) is 0. The van der Waals surface area contributed by atoms with Crippen molar-refractivity contribution in [3.8, 4) is 0 Å². The zero-order valence-electron chi connectivity index (χ0n) is 19.7. The summed E-state index contributed by atoms with van der Waals surface area (Å²) in [5, 5.41) is 0. The molecule has 0 amide bonds. The van der Waals surface area contributed by atoms with Crippen molar-refractivity contribution in [2.24, 2.45) is 11.8 Å². The molecule has 2 aromatic rings. The molecule has 0 radical (unpaired) electrons. The van der Waals surface area contributed by atoms with E-state index in [1.165, 1.54) is 36.8 Å². The fraction of sp³-hybridized carbons (Fsp3) is 0.552. The van der Waals surface area contributed by atoms with Crippen molar-refractivity contribution in [2.75, 3.05) is 0 Å². The zero-order valence-corrected chi connectivity index (χ0v) is 19.7. The van der Waals surface area contributed by atoms with Gasteiger partial charge in [-0.25, -0.2) is 9.18 Å². The third-order valence-electron chi connectivity index (χ3n) is 7.53. The molecule has 0 bridgehead atoms. The average molecular weight is 437 g/mol. The Labute approximate surface area is 192 Å². The topological polar surface area (TPSA) is 26.3 Å². The van der Waals surface area contributed by atoms with Crippen molar-refractivity contribution in [3.05, 3.63) is 70.0 Å². The second-order valence-corrected chi connectivity index (χ2v) is 9.86. The lowest BCUT2D eigenvalue weighted by molar-refractivity contribution is -0.000914. The summed E-state index contributed by atoms with van der Waals surface area (Å²) in [6, 6.07) is 13.0. The van der Waals surface area contributed by atoms with E-state index in [4.69, 9.17) is 4.74 Å². The lowest BCUT2D eigenvalue weighted by Crippen LogP contribution is -2.36. The summed E-state index contributed by atoms with van der Waals surface area (Å²) in [4.78, 5) is 12.6. The summed E-state index contributed by atoms with van der Waals surface area (Å²) in [6.07, 6.45) is 11.4. The molecule has 1 aliphatic carbocycles. The van der Waals surface area contributed by atoms with E-state index in [0.717, 1.165) is 43.6 Å². The van der Waals surface area contributed by atoms with Gasteiger partial charge in [0.2, 0.25) is 0 Å². The van der Waals surface area contributed by atoms with E-state index in [9.17, 15) is 9.18 Å². The first-order valence-electron chi connectivity index (χ1n) is 12.7. The Morgan fingerprint density at radius 1 is 0.875 bits per heavy atom. The molecule has 1 atom stereocenters.